The normalized spacial score (nSPS) is 9.65. The molecule has 7 heteroatoms. The Morgan fingerprint density at radius 2 is 1.90 bits per heavy atom. The van der Waals surface area contributed by atoms with Crippen LogP contribution in [0.25, 0.3) is 0 Å². The van der Waals surface area contributed by atoms with Crippen LogP contribution in [0.15, 0.2) is 25.3 Å². The summed E-state index contributed by atoms with van der Waals surface area (Å²) < 4.78 is 0. The molecule has 0 spiro atoms. The van der Waals surface area contributed by atoms with E-state index in [0.717, 1.165) is 11.3 Å². The van der Waals surface area contributed by atoms with Crippen LogP contribution in [0.3, 0.4) is 0 Å². The van der Waals surface area contributed by atoms with E-state index < -0.39 is 0 Å². The van der Waals surface area contributed by atoms with Crippen LogP contribution in [-0.2, 0) is 0 Å². The minimum Gasteiger partial charge on any atom is -0.397 e. The van der Waals surface area contributed by atoms with E-state index >= 15 is 0 Å². The topological polar surface area (TPSA) is 96.2 Å². The second-order valence-corrected chi connectivity index (χ2v) is 4.82. The van der Waals surface area contributed by atoms with E-state index in [4.69, 9.17) is 5.73 Å². The summed E-state index contributed by atoms with van der Waals surface area (Å²) in [5, 5.41) is 8.70. The van der Waals surface area contributed by atoms with Crippen LogP contribution in [-0.4, -0.2) is 32.0 Å². The van der Waals surface area contributed by atoms with Gasteiger partial charge in [0, 0.05) is 20.1 Å². The lowest BCUT2D eigenvalue weighted by Crippen LogP contribution is -2.24. The van der Waals surface area contributed by atoms with Gasteiger partial charge in [-0.2, -0.15) is 0 Å². The Labute approximate surface area is 121 Å². The zero-order valence-corrected chi connectivity index (χ0v) is 12.1. The number of carbonyl (C=O) groups excluding carboxylic acids is 2. The lowest BCUT2D eigenvalue weighted by atomic mass is 10.2. The number of carbonyl (C=O) groups is 2. The Bertz CT molecular complexity index is 537. The van der Waals surface area contributed by atoms with Crippen molar-refractivity contribution in [2.24, 2.45) is 0 Å². The van der Waals surface area contributed by atoms with E-state index in [-0.39, 0.29) is 23.1 Å². The highest BCUT2D eigenvalue weighted by molar-refractivity contribution is 7.19. The first kappa shape index (κ1) is 15.8. The molecule has 0 aromatic carbocycles. The fourth-order valence-corrected chi connectivity index (χ4v) is 2.54. The Morgan fingerprint density at radius 3 is 2.45 bits per heavy atom. The second kappa shape index (κ2) is 7.34. The maximum atomic E-state index is 12.0. The van der Waals surface area contributed by atoms with Crippen LogP contribution >= 0.6 is 11.3 Å². The van der Waals surface area contributed by atoms with Gasteiger partial charge in [0.1, 0.15) is 9.88 Å². The van der Waals surface area contributed by atoms with Gasteiger partial charge in [-0.3, -0.25) is 9.59 Å². The lowest BCUT2D eigenvalue weighted by molar-refractivity contribution is 0.0960. The zero-order chi connectivity index (χ0) is 15.1. The summed E-state index contributed by atoms with van der Waals surface area (Å²) in [6.45, 7) is 7.92. The summed E-state index contributed by atoms with van der Waals surface area (Å²) in [6.07, 6.45) is 3.22. The first-order valence-corrected chi connectivity index (χ1v) is 6.76. The molecule has 0 fully saturated rings. The van der Waals surface area contributed by atoms with Crippen molar-refractivity contribution in [1.29, 1.82) is 0 Å². The molecule has 1 aromatic heterocycles. The van der Waals surface area contributed by atoms with E-state index in [9.17, 15) is 9.59 Å². The molecule has 5 N–H and O–H groups in total. The van der Waals surface area contributed by atoms with Crippen molar-refractivity contribution in [3.05, 3.63) is 35.8 Å². The molecule has 6 nitrogen and oxygen atoms in total. The van der Waals surface area contributed by atoms with Crippen molar-refractivity contribution >= 4 is 33.8 Å². The van der Waals surface area contributed by atoms with Gasteiger partial charge in [-0.15, -0.1) is 24.5 Å². The van der Waals surface area contributed by atoms with Crippen LogP contribution in [0.2, 0.25) is 0 Å². The molecule has 0 aliphatic heterocycles. The Morgan fingerprint density at radius 1 is 1.25 bits per heavy atom. The minimum atomic E-state index is -0.340. The van der Waals surface area contributed by atoms with Gasteiger partial charge in [-0.25, -0.2) is 0 Å². The van der Waals surface area contributed by atoms with Crippen LogP contribution < -0.4 is 21.7 Å². The van der Waals surface area contributed by atoms with Gasteiger partial charge in [0.15, 0.2) is 0 Å². The Balaban J connectivity index is 3.16. The SMILES string of the molecule is C=CCNC(=O)c1sc(NCC=C)c(C(=O)NC)c1N. The van der Waals surface area contributed by atoms with Gasteiger partial charge < -0.3 is 21.7 Å². The maximum absolute atomic E-state index is 12.0. The van der Waals surface area contributed by atoms with Crippen molar-refractivity contribution in [1.82, 2.24) is 10.6 Å². The standard InChI is InChI=1S/C13H18N4O2S/c1-4-6-16-12(19)10-9(14)8(11(18)15-3)13(20-10)17-7-5-2/h4-5,17H,1-2,6-7,14H2,3H3,(H,15,18)(H,16,19). The van der Waals surface area contributed by atoms with Crippen molar-refractivity contribution < 1.29 is 9.59 Å². The monoisotopic (exact) mass is 294 g/mol. The molecule has 1 aromatic rings. The number of hydrogen-bond acceptors (Lipinski definition) is 5. The van der Waals surface area contributed by atoms with E-state index in [1.807, 2.05) is 0 Å². The molecule has 0 aliphatic rings. The highest BCUT2D eigenvalue weighted by atomic mass is 32.1. The lowest BCUT2D eigenvalue weighted by Gasteiger charge is -2.04. The highest BCUT2D eigenvalue weighted by Gasteiger charge is 2.24. The number of hydrogen-bond donors (Lipinski definition) is 4. The third-order valence-corrected chi connectivity index (χ3v) is 3.58. The minimum absolute atomic E-state index is 0.169. The van der Waals surface area contributed by atoms with Crippen LogP contribution in [0.1, 0.15) is 20.0 Å². The van der Waals surface area contributed by atoms with Gasteiger partial charge in [-0.05, 0) is 0 Å². The third kappa shape index (κ3) is 3.39. The molecule has 108 valence electrons. The van der Waals surface area contributed by atoms with Crippen molar-refractivity contribution in [2.45, 2.75) is 0 Å². The number of nitrogens with one attached hydrogen (secondary N) is 3. The van der Waals surface area contributed by atoms with Gasteiger partial charge in [0.05, 0.1) is 11.3 Å². The van der Waals surface area contributed by atoms with Crippen molar-refractivity contribution in [2.75, 3.05) is 31.2 Å². The van der Waals surface area contributed by atoms with E-state index in [1.54, 1.807) is 12.2 Å². The predicted octanol–water partition coefficient (Wildman–Crippen LogP) is 1.20. The predicted molar refractivity (Wildman–Crippen MR) is 83.3 cm³/mol. The Hall–Kier alpha value is -2.28. The molecule has 0 unspecified atom stereocenters. The summed E-state index contributed by atoms with van der Waals surface area (Å²) >= 11 is 1.14. The van der Waals surface area contributed by atoms with Crippen LogP contribution in [0, 0.1) is 0 Å². The fourth-order valence-electron chi connectivity index (χ4n) is 1.50. The number of anilines is 2. The second-order valence-electron chi connectivity index (χ2n) is 3.80. The number of thiophene rings is 1. The molecular weight excluding hydrogens is 276 g/mol. The smallest absolute Gasteiger partial charge is 0.263 e. The third-order valence-electron chi connectivity index (χ3n) is 2.42. The first-order chi connectivity index (χ1) is 9.56. The fraction of sp³-hybridized carbons (Fsp3) is 0.231. The molecule has 1 heterocycles. The van der Waals surface area contributed by atoms with Crippen molar-refractivity contribution in [3.8, 4) is 0 Å². The van der Waals surface area contributed by atoms with Gasteiger partial charge >= 0.3 is 0 Å². The van der Waals surface area contributed by atoms with Gasteiger partial charge in [-0.1, -0.05) is 12.2 Å². The number of rotatable bonds is 7. The van der Waals surface area contributed by atoms with E-state index in [0.29, 0.717) is 23.0 Å². The quantitative estimate of drug-likeness (QED) is 0.568. The molecule has 0 saturated heterocycles. The molecular formula is C13H18N4O2S. The summed E-state index contributed by atoms with van der Waals surface area (Å²) in [4.78, 5) is 24.1. The van der Waals surface area contributed by atoms with Crippen LogP contribution in [0.4, 0.5) is 10.7 Å². The zero-order valence-electron chi connectivity index (χ0n) is 11.3. The molecule has 20 heavy (non-hydrogen) atoms. The number of nitrogen functional groups attached to an aromatic ring is 1. The Kier molecular flexibility index (Phi) is 5.79. The summed E-state index contributed by atoms with van der Waals surface area (Å²) in [5.74, 6) is -0.669. The summed E-state index contributed by atoms with van der Waals surface area (Å²) in [7, 11) is 1.51. The first-order valence-electron chi connectivity index (χ1n) is 5.95. The molecule has 2 amide bonds. The highest BCUT2D eigenvalue weighted by Crippen LogP contribution is 2.35. The average molecular weight is 294 g/mol. The molecule has 1 rings (SSSR count). The van der Waals surface area contributed by atoms with Crippen LogP contribution in [0.5, 0.6) is 0 Å². The molecule has 0 saturated carbocycles. The average Bonchev–Trinajstić information content (AvgIpc) is 2.78. The molecule has 0 radical (unpaired) electrons. The molecule has 0 atom stereocenters. The molecule has 0 bridgehead atoms. The van der Waals surface area contributed by atoms with Gasteiger partial charge in [0.2, 0.25) is 0 Å². The maximum Gasteiger partial charge on any atom is 0.263 e. The van der Waals surface area contributed by atoms with Crippen molar-refractivity contribution in [3.63, 3.8) is 0 Å². The summed E-state index contributed by atoms with van der Waals surface area (Å²) in [6, 6.07) is 0. The largest absolute Gasteiger partial charge is 0.397 e. The number of nitrogens with two attached hydrogens (primary N) is 1. The number of amides is 2. The van der Waals surface area contributed by atoms with E-state index in [1.165, 1.54) is 7.05 Å². The van der Waals surface area contributed by atoms with E-state index in [2.05, 4.69) is 29.1 Å². The summed E-state index contributed by atoms with van der Waals surface area (Å²) in [5.41, 5.74) is 6.37. The molecule has 0 aliphatic carbocycles. The van der Waals surface area contributed by atoms with Gasteiger partial charge in [0.25, 0.3) is 11.8 Å².